The van der Waals surface area contributed by atoms with Crippen LogP contribution in [0.4, 0.5) is 11.4 Å². The molecule has 0 amide bonds. The molecule has 6 heteroatoms. The Morgan fingerprint density at radius 3 is 2.79 bits per heavy atom. The van der Waals surface area contributed by atoms with Crippen molar-refractivity contribution in [1.82, 2.24) is 0 Å². The SMILES string of the molecule is Nc1cc([N+](=O)[O-])c2cc(O)sc2c1. The van der Waals surface area contributed by atoms with E-state index in [2.05, 4.69) is 0 Å². The first-order chi connectivity index (χ1) is 6.58. The van der Waals surface area contributed by atoms with Gasteiger partial charge in [0.2, 0.25) is 0 Å². The van der Waals surface area contributed by atoms with Crippen LogP contribution in [-0.2, 0) is 0 Å². The second-order valence-corrected chi connectivity index (χ2v) is 3.86. The van der Waals surface area contributed by atoms with E-state index >= 15 is 0 Å². The molecule has 14 heavy (non-hydrogen) atoms. The summed E-state index contributed by atoms with van der Waals surface area (Å²) in [6.45, 7) is 0. The predicted molar refractivity (Wildman–Crippen MR) is 54.6 cm³/mol. The Balaban J connectivity index is 2.85. The first kappa shape index (κ1) is 8.76. The number of anilines is 1. The van der Waals surface area contributed by atoms with E-state index in [0.717, 1.165) is 11.3 Å². The number of fused-ring (bicyclic) bond motifs is 1. The Kier molecular flexibility index (Phi) is 1.78. The zero-order chi connectivity index (χ0) is 10.3. The van der Waals surface area contributed by atoms with Crippen molar-refractivity contribution in [1.29, 1.82) is 0 Å². The number of nitrogen functional groups attached to an aromatic ring is 1. The molecule has 0 saturated heterocycles. The molecule has 5 nitrogen and oxygen atoms in total. The highest BCUT2D eigenvalue weighted by molar-refractivity contribution is 7.20. The number of nitrogens with two attached hydrogens (primary N) is 1. The van der Waals surface area contributed by atoms with Crippen LogP contribution in [-0.4, -0.2) is 10.0 Å². The molecule has 0 aliphatic carbocycles. The highest BCUT2D eigenvalue weighted by atomic mass is 32.1. The minimum Gasteiger partial charge on any atom is -0.499 e. The van der Waals surface area contributed by atoms with Crippen LogP contribution < -0.4 is 5.73 Å². The smallest absolute Gasteiger partial charge is 0.280 e. The Labute approximate surface area is 82.5 Å². The number of nitro groups is 1. The lowest BCUT2D eigenvalue weighted by molar-refractivity contribution is -0.383. The number of thiophene rings is 1. The molecular formula is C8H6N2O3S. The van der Waals surface area contributed by atoms with Crippen molar-refractivity contribution in [2.45, 2.75) is 0 Å². The van der Waals surface area contributed by atoms with Gasteiger partial charge in [0.15, 0.2) is 5.06 Å². The van der Waals surface area contributed by atoms with Crippen LogP contribution >= 0.6 is 11.3 Å². The summed E-state index contributed by atoms with van der Waals surface area (Å²) in [4.78, 5) is 10.1. The molecule has 0 aliphatic heterocycles. The summed E-state index contributed by atoms with van der Waals surface area (Å²) in [6.07, 6.45) is 0. The summed E-state index contributed by atoms with van der Waals surface area (Å²) < 4.78 is 0.620. The third-order valence-electron chi connectivity index (χ3n) is 1.82. The van der Waals surface area contributed by atoms with E-state index in [4.69, 9.17) is 5.73 Å². The first-order valence-corrected chi connectivity index (χ1v) is 4.56. The van der Waals surface area contributed by atoms with Gasteiger partial charge in [0, 0.05) is 22.5 Å². The number of rotatable bonds is 1. The first-order valence-electron chi connectivity index (χ1n) is 3.74. The minimum atomic E-state index is -0.509. The second kappa shape index (κ2) is 2.85. The summed E-state index contributed by atoms with van der Waals surface area (Å²) in [5.41, 5.74) is 5.74. The van der Waals surface area contributed by atoms with Crippen molar-refractivity contribution < 1.29 is 10.0 Å². The maximum absolute atomic E-state index is 10.6. The van der Waals surface area contributed by atoms with Crippen LogP contribution in [0.25, 0.3) is 10.1 Å². The molecule has 2 rings (SSSR count). The standard InChI is InChI=1S/C8H6N2O3S/c9-4-1-6(10(12)13)5-3-8(11)14-7(5)2-4/h1-3,11H,9H2. The monoisotopic (exact) mass is 210 g/mol. The molecule has 0 aliphatic rings. The highest BCUT2D eigenvalue weighted by Gasteiger charge is 2.15. The van der Waals surface area contributed by atoms with Gasteiger partial charge in [-0.1, -0.05) is 11.3 Å². The number of benzene rings is 1. The molecule has 0 atom stereocenters. The van der Waals surface area contributed by atoms with Gasteiger partial charge in [0.25, 0.3) is 5.69 Å². The van der Waals surface area contributed by atoms with Crippen molar-refractivity contribution >= 4 is 32.8 Å². The van der Waals surface area contributed by atoms with Gasteiger partial charge in [-0.05, 0) is 6.07 Å². The normalized spacial score (nSPS) is 10.6. The molecule has 0 bridgehead atoms. The van der Waals surface area contributed by atoms with Gasteiger partial charge < -0.3 is 10.8 Å². The number of non-ortho nitro benzene ring substituents is 1. The largest absolute Gasteiger partial charge is 0.499 e. The van der Waals surface area contributed by atoms with Crippen LogP contribution in [0.1, 0.15) is 0 Å². The molecule has 0 radical (unpaired) electrons. The lowest BCUT2D eigenvalue weighted by Crippen LogP contribution is -1.91. The summed E-state index contributed by atoms with van der Waals surface area (Å²) >= 11 is 1.07. The van der Waals surface area contributed by atoms with Crippen LogP contribution in [0.3, 0.4) is 0 Å². The van der Waals surface area contributed by atoms with Gasteiger partial charge in [0.1, 0.15) is 0 Å². The van der Waals surface area contributed by atoms with Crippen molar-refractivity contribution in [3.05, 3.63) is 28.3 Å². The Hall–Kier alpha value is -1.82. The Morgan fingerprint density at radius 1 is 1.43 bits per heavy atom. The van der Waals surface area contributed by atoms with Crippen LogP contribution in [0.15, 0.2) is 18.2 Å². The van der Waals surface area contributed by atoms with Crippen molar-refractivity contribution in [3.63, 3.8) is 0 Å². The fourth-order valence-electron chi connectivity index (χ4n) is 1.28. The number of hydrogen-bond donors (Lipinski definition) is 2. The van der Waals surface area contributed by atoms with E-state index in [1.807, 2.05) is 0 Å². The van der Waals surface area contributed by atoms with E-state index in [9.17, 15) is 15.2 Å². The quantitative estimate of drug-likeness (QED) is 0.428. The molecule has 2 aromatic rings. The number of nitro benzene ring substituents is 1. The predicted octanol–water partition coefficient (Wildman–Crippen LogP) is 2.10. The zero-order valence-electron chi connectivity index (χ0n) is 6.93. The van der Waals surface area contributed by atoms with Crippen LogP contribution in [0.5, 0.6) is 5.06 Å². The molecule has 0 spiro atoms. The maximum Gasteiger partial charge on any atom is 0.280 e. The molecule has 1 aromatic carbocycles. The zero-order valence-corrected chi connectivity index (χ0v) is 7.75. The fourth-order valence-corrected chi connectivity index (χ4v) is 2.15. The average molecular weight is 210 g/mol. The van der Waals surface area contributed by atoms with Crippen LogP contribution in [0, 0.1) is 10.1 Å². The molecule has 72 valence electrons. The molecular weight excluding hydrogens is 204 g/mol. The van der Waals surface area contributed by atoms with E-state index in [1.54, 1.807) is 6.07 Å². The highest BCUT2D eigenvalue weighted by Crippen LogP contribution is 2.37. The fraction of sp³-hybridized carbons (Fsp3) is 0. The van der Waals surface area contributed by atoms with Gasteiger partial charge >= 0.3 is 0 Å². The van der Waals surface area contributed by atoms with Crippen molar-refractivity contribution in [2.75, 3.05) is 5.73 Å². The van der Waals surface area contributed by atoms with E-state index in [0.29, 0.717) is 15.8 Å². The molecule has 0 unspecified atom stereocenters. The summed E-state index contributed by atoms with van der Waals surface area (Å²) in [5.74, 6) is 0. The summed E-state index contributed by atoms with van der Waals surface area (Å²) in [7, 11) is 0. The Morgan fingerprint density at radius 2 is 2.14 bits per heavy atom. The van der Waals surface area contributed by atoms with Gasteiger partial charge in [-0.15, -0.1) is 0 Å². The topological polar surface area (TPSA) is 89.4 Å². The lowest BCUT2D eigenvalue weighted by Gasteiger charge is -1.95. The number of aromatic hydroxyl groups is 1. The second-order valence-electron chi connectivity index (χ2n) is 2.79. The van der Waals surface area contributed by atoms with Gasteiger partial charge in [-0.25, -0.2) is 0 Å². The third-order valence-corrected chi connectivity index (χ3v) is 2.71. The number of hydrogen-bond acceptors (Lipinski definition) is 5. The number of nitrogens with zero attached hydrogens (tertiary/aromatic N) is 1. The van der Waals surface area contributed by atoms with Crippen LogP contribution in [0.2, 0.25) is 0 Å². The van der Waals surface area contributed by atoms with E-state index < -0.39 is 4.92 Å². The van der Waals surface area contributed by atoms with Gasteiger partial charge in [0.05, 0.1) is 10.3 Å². The molecule has 1 aromatic heterocycles. The van der Waals surface area contributed by atoms with Gasteiger partial charge in [-0.2, -0.15) is 0 Å². The van der Waals surface area contributed by atoms with Crippen molar-refractivity contribution in [2.24, 2.45) is 0 Å². The Bertz CT molecular complexity index is 521. The molecule has 3 N–H and O–H groups in total. The molecule has 0 fully saturated rings. The lowest BCUT2D eigenvalue weighted by atomic mass is 10.2. The minimum absolute atomic E-state index is 0.0497. The van der Waals surface area contributed by atoms with Gasteiger partial charge in [-0.3, -0.25) is 10.1 Å². The third kappa shape index (κ3) is 1.25. The van der Waals surface area contributed by atoms with E-state index in [1.165, 1.54) is 12.1 Å². The average Bonchev–Trinajstić information content (AvgIpc) is 2.42. The molecule has 1 heterocycles. The molecule has 0 saturated carbocycles. The van der Waals surface area contributed by atoms with E-state index in [-0.39, 0.29) is 10.8 Å². The van der Waals surface area contributed by atoms with Crippen molar-refractivity contribution in [3.8, 4) is 5.06 Å². The maximum atomic E-state index is 10.6. The summed E-state index contributed by atoms with van der Waals surface area (Å²) in [5, 5.41) is 20.3. The summed E-state index contributed by atoms with van der Waals surface area (Å²) in [6, 6.07) is 4.26.